The second kappa shape index (κ2) is 6.04. The molecule has 0 radical (unpaired) electrons. The highest BCUT2D eigenvalue weighted by atomic mass is 16.1. The first kappa shape index (κ1) is 17.0. The molecule has 122 valence electrons. The maximum Gasteiger partial charge on any atom is 0.165 e. The molecule has 2 N–H and O–H groups in total. The van der Waals surface area contributed by atoms with Gasteiger partial charge >= 0.3 is 0 Å². The lowest BCUT2D eigenvalue weighted by Crippen LogP contribution is -2.55. The Morgan fingerprint density at radius 3 is 2.43 bits per heavy atom. The highest BCUT2D eigenvalue weighted by molar-refractivity contribution is 6.04. The number of nitriles is 2. The van der Waals surface area contributed by atoms with E-state index in [0.29, 0.717) is 31.8 Å². The van der Waals surface area contributed by atoms with Crippen LogP contribution >= 0.6 is 0 Å². The molecule has 6 nitrogen and oxygen atoms in total. The molecule has 2 aliphatic rings. The third-order valence-electron chi connectivity index (χ3n) is 5.31. The SMILES string of the molecule is CCN(CC)C1=NC(N)=C(C#N)[C@]1(C#N)[C@@]1(C)CCCCC1=O. The predicted octanol–water partition coefficient (Wildman–Crippen LogP) is 2.09. The molecule has 6 heteroatoms. The average molecular weight is 313 g/mol. The molecular formula is C17H23N5O. The summed E-state index contributed by atoms with van der Waals surface area (Å²) in [5.74, 6) is 0.542. The van der Waals surface area contributed by atoms with Crippen LogP contribution in [0.4, 0.5) is 0 Å². The molecule has 1 aliphatic heterocycles. The van der Waals surface area contributed by atoms with Gasteiger partial charge in [0.2, 0.25) is 0 Å². The highest BCUT2D eigenvalue weighted by Crippen LogP contribution is 2.55. The smallest absolute Gasteiger partial charge is 0.165 e. The Morgan fingerprint density at radius 1 is 1.30 bits per heavy atom. The second-order valence-corrected chi connectivity index (χ2v) is 6.30. The zero-order valence-electron chi connectivity index (χ0n) is 14.0. The summed E-state index contributed by atoms with van der Waals surface area (Å²) >= 11 is 0. The van der Waals surface area contributed by atoms with Crippen LogP contribution in [0.1, 0.15) is 46.5 Å². The number of amidine groups is 1. The Labute approximate surface area is 137 Å². The largest absolute Gasteiger partial charge is 0.383 e. The first-order valence-electron chi connectivity index (χ1n) is 8.11. The summed E-state index contributed by atoms with van der Waals surface area (Å²) in [7, 11) is 0. The number of nitrogens with zero attached hydrogens (tertiary/aromatic N) is 4. The molecule has 0 spiro atoms. The molecule has 0 unspecified atom stereocenters. The fraction of sp³-hybridized carbons (Fsp3) is 0.647. The third kappa shape index (κ3) is 2.13. The van der Waals surface area contributed by atoms with Gasteiger partial charge in [0.05, 0.1) is 11.5 Å². The van der Waals surface area contributed by atoms with Gasteiger partial charge in [-0.1, -0.05) is 13.3 Å². The topological polar surface area (TPSA) is 106 Å². The maximum atomic E-state index is 12.8. The van der Waals surface area contributed by atoms with E-state index in [1.54, 1.807) is 6.92 Å². The number of nitrogens with two attached hydrogens (primary N) is 1. The lowest BCUT2D eigenvalue weighted by Gasteiger charge is -2.45. The van der Waals surface area contributed by atoms with Gasteiger partial charge in [0.25, 0.3) is 0 Å². The molecule has 0 aromatic rings. The van der Waals surface area contributed by atoms with E-state index in [4.69, 9.17) is 5.73 Å². The minimum absolute atomic E-state index is 0.0209. The van der Waals surface area contributed by atoms with Crippen molar-refractivity contribution in [3.8, 4) is 12.1 Å². The normalized spacial score (nSPS) is 30.7. The molecule has 0 aromatic carbocycles. The van der Waals surface area contributed by atoms with Gasteiger partial charge < -0.3 is 10.6 Å². The Balaban J connectivity index is 2.73. The van der Waals surface area contributed by atoms with Crippen LogP contribution in [0, 0.1) is 33.5 Å². The quantitative estimate of drug-likeness (QED) is 0.858. The van der Waals surface area contributed by atoms with Crippen LogP contribution in [0.2, 0.25) is 0 Å². The van der Waals surface area contributed by atoms with Crippen molar-refractivity contribution in [1.82, 2.24) is 4.90 Å². The van der Waals surface area contributed by atoms with E-state index in [1.807, 2.05) is 18.7 Å². The fourth-order valence-electron chi connectivity index (χ4n) is 3.86. The van der Waals surface area contributed by atoms with Gasteiger partial charge in [0, 0.05) is 19.5 Å². The maximum absolute atomic E-state index is 12.8. The van der Waals surface area contributed by atoms with E-state index in [9.17, 15) is 15.3 Å². The molecule has 2 rings (SSSR count). The molecule has 1 heterocycles. The van der Waals surface area contributed by atoms with Crippen LogP contribution in [0.25, 0.3) is 0 Å². The van der Waals surface area contributed by atoms with Gasteiger partial charge in [-0.05, 0) is 26.7 Å². The van der Waals surface area contributed by atoms with Crippen LogP contribution in [-0.4, -0.2) is 29.6 Å². The Morgan fingerprint density at radius 2 is 1.96 bits per heavy atom. The highest BCUT2D eigenvalue weighted by Gasteiger charge is 2.63. The van der Waals surface area contributed by atoms with Crippen LogP contribution in [0.15, 0.2) is 16.4 Å². The minimum Gasteiger partial charge on any atom is -0.383 e. The number of rotatable bonds is 3. The molecule has 0 amide bonds. The summed E-state index contributed by atoms with van der Waals surface area (Å²) in [4.78, 5) is 19.1. The summed E-state index contributed by atoms with van der Waals surface area (Å²) in [6.07, 6.45) is 2.69. The summed E-state index contributed by atoms with van der Waals surface area (Å²) in [6.45, 7) is 6.98. The molecule has 0 saturated heterocycles. The van der Waals surface area contributed by atoms with E-state index in [-0.39, 0.29) is 17.2 Å². The van der Waals surface area contributed by atoms with E-state index < -0.39 is 10.8 Å². The van der Waals surface area contributed by atoms with Crippen molar-refractivity contribution in [1.29, 1.82) is 10.5 Å². The van der Waals surface area contributed by atoms with Crippen molar-refractivity contribution in [3.63, 3.8) is 0 Å². The van der Waals surface area contributed by atoms with Gasteiger partial charge in [0.15, 0.2) is 5.41 Å². The Bertz CT molecular complexity index is 661. The van der Waals surface area contributed by atoms with Crippen LogP contribution < -0.4 is 5.73 Å². The molecule has 1 fully saturated rings. The number of ketones is 1. The molecular weight excluding hydrogens is 290 g/mol. The number of hydrogen-bond donors (Lipinski definition) is 1. The van der Waals surface area contributed by atoms with Gasteiger partial charge in [-0.3, -0.25) is 4.79 Å². The molecule has 1 aliphatic carbocycles. The zero-order valence-corrected chi connectivity index (χ0v) is 14.0. The predicted molar refractivity (Wildman–Crippen MR) is 86.8 cm³/mol. The standard InChI is InChI=1S/C17H23N5O/c1-4-22(5-2)15-17(11-19,12(10-18)14(20)21-15)16(3)9-7-6-8-13(16)23/h4-9,20H2,1-3H3/t16-,17-/m0/s1. The van der Waals surface area contributed by atoms with E-state index in [2.05, 4.69) is 17.1 Å². The van der Waals surface area contributed by atoms with Crippen molar-refractivity contribution in [2.24, 2.45) is 21.6 Å². The zero-order chi connectivity index (χ0) is 17.3. The van der Waals surface area contributed by atoms with Gasteiger partial charge in [0.1, 0.15) is 29.1 Å². The molecule has 2 atom stereocenters. The number of Topliss-reactive ketones (excluding diaryl/α,β-unsaturated/α-hetero) is 1. The molecule has 1 saturated carbocycles. The van der Waals surface area contributed by atoms with E-state index in [1.165, 1.54) is 0 Å². The van der Waals surface area contributed by atoms with Gasteiger partial charge in [-0.15, -0.1) is 0 Å². The first-order valence-corrected chi connectivity index (χ1v) is 8.11. The van der Waals surface area contributed by atoms with Crippen LogP contribution in [0.3, 0.4) is 0 Å². The van der Waals surface area contributed by atoms with Crippen LogP contribution in [-0.2, 0) is 4.79 Å². The van der Waals surface area contributed by atoms with E-state index in [0.717, 1.165) is 12.8 Å². The number of hydrogen-bond acceptors (Lipinski definition) is 6. The molecule has 0 bridgehead atoms. The van der Waals surface area contributed by atoms with Gasteiger partial charge in [-0.2, -0.15) is 10.5 Å². The number of aliphatic imine (C=N–C) groups is 1. The summed E-state index contributed by atoms with van der Waals surface area (Å²) in [6, 6.07) is 4.37. The monoisotopic (exact) mass is 313 g/mol. The summed E-state index contributed by atoms with van der Waals surface area (Å²) in [5, 5.41) is 19.8. The van der Waals surface area contributed by atoms with Crippen LogP contribution in [0.5, 0.6) is 0 Å². The Hall–Kier alpha value is -2.34. The third-order valence-corrected chi connectivity index (χ3v) is 5.31. The molecule has 0 aromatic heterocycles. The number of carbonyl (C=O) groups is 1. The van der Waals surface area contributed by atoms with Gasteiger partial charge in [-0.25, -0.2) is 4.99 Å². The molecule has 23 heavy (non-hydrogen) atoms. The summed E-state index contributed by atoms with van der Waals surface area (Å²) < 4.78 is 0. The van der Waals surface area contributed by atoms with Crippen molar-refractivity contribution in [3.05, 3.63) is 11.4 Å². The van der Waals surface area contributed by atoms with E-state index >= 15 is 0 Å². The average Bonchev–Trinajstić information content (AvgIpc) is 2.84. The lowest BCUT2D eigenvalue weighted by atomic mass is 9.55. The first-order chi connectivity index (χ1) is 10.9. The minimum atomic E-state index is -1.38. The number of carbonyl (C=O) groups excluding carboxylic acids is 1. The summed E-state index contributed by atoms with van der Waals surface area (Å²) in [5.41, 5.74) is 3.75. The fourth-order valence-corrected chi connectivity index (χ4v) is 3.86. The lowest BCUT2D eigenvalue weighted by molar-refractivity contribution is -0.133. The van der Waals surface area contributed by atoms with Crippen molar-refractivity contribution in [2.75, 3.05) is 13.1 Å². The van der Waals surface area contributed by atoms with Crippen molar-refractivity contribution < 1.29 is 4.79 Å². The van der Waals surface area contributed by atoms with Crippen molar-refractivity contribution in [2.45, 2.75) is 46.5 Å². The van der Waals surface area contributed by atoms with Crippen molar-refractivity contribution >= 4 is 11.6 Å². The Kier molecular flexibility index (Phi) is 4.47. The second-order valence-electron chi connectivity index (χ2n) is 6.30.